The SMILES string of the molecule is N#C/C(=C\c1ccc(-c2ccc(Cl)cc2)o1)C(=O)Nc1ccc([N+](=O)[O-])cc1Br. The van der Waals surface area contributed by atoms with Crippen molar-refractivity contribution in [1.82, 2.24) is 0 Å². The second kappa shape index (κ2) is 8.73. The summed E-state index contributed by atoms with van der Waals surface area (Å²) in [5.74, 6) is 0.208. The molecule has 0 aliphatic carbocycles. The van der Waals surface area contributed by atoms with Gasteiger partial charge < -0.3 is 9.73 Å². The highest BCUT2D eigenvalue weighted by Gasteiger charge is 2.15. The number of nitro benzene ring substituents is 1. The van der Waals surface area contributed by atoms with Crippen molar-refractivity contribution in [2.24, 2.45) is 0 Å². The molecule has 29 heavy (non-hydrogen) atoms. The number of amides is 1. The van der Waals surface area contributed by atoms with E-state index in [1.165, 1.54) is 24.3 Å². The Bertz CT molecular complexity index is 1160. The minimum absolute atomic E-state index is 0.128. The van der Waals surface area contributed by atoms with Crippen molar-refractivity contribution in [3.05, 3.63) is 85.5 Å². The fourth-order valence-corrected chi connectivity index (χ4v) is 2.99. The first-order chi connectivity index (χ1) is 13.9. The summed E-state index contributed by atoms with van der Waals surface area (Å²) in [5, 5.41) is 23.3. The molecule has 1 heterocycles. The summed E-state index contributed by atoms with van der Waals surface area (Å²) in [7, 11) is 0. The van der Waals surface area contributed by atoms with E-state index in [0.717, 1.165) is 5.56 Å². The lowest BCUT2D eigenvalue weighted by Crippen LogP contribution is -2.13. The Morgan fingerprint density at radius 2 is 1.93 bits per heavy atom. The summed E-state index contributed by atoms with van der Waals surface area (Å²) >= 11 is 9.04. The maximum absolute atomic E-state index is 12.4. The number of furan rings is 1. The lowest BCUT2D eigenvalue weighted by atomic mass is 10.2. The Morgan fingerprint density at radius 3 is 2.55 bits per heavy atom. The zero-order valence-corrected chi connectivity index (χ0v) is 16.9. The number of benzene rings is 2. The quantitative estimate of drug-likeness (QED) is 0.218. The van der Waals surface area contributed by atoms with E-state index in [2.05, 4.69) is 21.2 Å². The average molecular weight is 473 g/mol. The summed E-state index contributed by atoms with van der Waals surface area (Å²) in [4.78, 5) is 22.7. The van der Waals surface area contributed by atoms with Gasteiger partial charge in [0.05, 0.1) is 10.6 Å². The molecule has 0 radical (unpaired) electrons. The molecule has 3 aromatic rings. The minimum atomic E-state index is -0.675. The summed E-state index contributed by atoms with van der Waals surface area (Å²) in [5.41, 5.74) is 0.776. The van der Waals surface area contributed by atoms with Crippen LogP contribution in [-0.4, -0.2) is 10.8 Å². The van der Waals surface area contributed by atoms with E-state index in [-0.39, 0.29) is 11.3 Å². The lowest BCUT2D eigenvalue weighted by molar-refractivity contribution is -0.384. The molecular formula is C20H11BrClN3O4. The van der Waals surface area contributed by atoms with Gasteiger partial charge in [-0.3, -0.25) is 14.9 Å². The highest BCUT2D eigenvalue weighted by atomic mass is 79.9. The van der Waals surface area contributed by atoms with Crippen LogP contribution in [0.15, 0.2) is 69.1 Å². The number of nitriles is 1. The van der Waals surface area contributed by atoms with E-state index in [1.807, 2.05) is 6.07 Å². The number of rotatable bonds is 5. The first kappa shape index (κ1) is 20.3. The van der Waals surface area contributed by atoms with Crippen LogP contribution in [0.25, 0.3) is 17.4 Å². The fourth-order valence-electron chi connectivity index (χ4n) is 2.40. The Kier molecular flexibility index (Phi) is 6.12. The van der Waals surface area contributed by atoms with Crippen LogP contribution >= 0.6 is 27.5 Å². The molecule has 0 aliphatic heterocycles. The zero-order valence-electron chi connectivity index (χ0n) is 14.6. The monoisotopic (exact) mass is 471 g/mol. The molecule has 0 atom stereocenters. The van der Waals surface area contributed by atoms with Crippen LogP contribution < -0.4 is 5.32 Å². The lowest BCUT2D eigenvalue weighted by Gasteiger charge is -2.06. The van der Waals surface area contributed by atoms with E-state index < -0.39 is 10.8 Å². The molecule has 0 fully saturated rings. The maximum Gasteiger partial charge on any atom is 0.270 e. The molecule has 2 aromatic carbocycles. The van der Waals surface area contributed by atoms with Crippen LogP contribution in [0.3, 0.4) is 0 Å². The van der Waals surface area contributed by atoms with Gasteiger partial charge in [-0.05, 0) is 58.4 Å². The number of anilines is 1. The first-order valence-corrected chi connectivity index (χ1v) is 9.27. The third-order valence-electron chi connectivity index (χ3n) is 3.82. The highest BCUT2D eigenvalue weighted by molar-refractivity contribution is 9.10. The van der Waals surface area contributed by atoms with E-state index >= 15 is 0 Å². The van der Waals surface area contributed by atoms with Gasteiger partial charge in [0, 0.05) is 33.3 Å². The number of carbonyl (C=O) groups is 1. The molecule has 3 rings (SSSR count). The molecule has 0 bridgehead atoms. The second-order valence-electron chi connectivity index (χ2n) is 5.75. The third-order valence-corrected chi connectivity index (χ3v) is 4.73. The van der Waals surface area contributed by atoms with E-state index in [0.29, 0.717) is 26.7 Å². The van der Waals surface area contributed by atoms with Gasteiger partial charge in [-0.2, -0.15) is 5.26 Å². The van der Waals surface area contributed by atoms with Crippen LogP contribution in [0.1, 0.15) is 5.76 Å². The molecular weight excluding hydrogens is 462 g/mol. The van der Waals surface area contributed by atoms with Gasteiger partial charge in [0.15, 0.2) is 0 Å². The van der Waals surface area contributed by atoms with Crippen molar-refractivity contribution in [3.63, 3.8) is 0 Å². The molecule has 0 unspecified atom stereocenters. The van der Waals surface area contributed by atoms with Crippen LogP contribution in [0.4, 0.5) is 11.4 Å². The largest absolute Gasteiger partial charge is 0.457 e. The topological polar surface area (TPSA) is 109 Å². The van der Waals surface area contributed by atoms with Gasteiger partial charge in [-0.1, -0.05) is 11.6 Å². The number of nitrogens with zero attached hydrogens (tertiary/aromatic N) is 2. The number of hydrogen-bond acceptors (Lipinski definition) is 5. The Morgan fingerprint density at radius 1 is 1.21 bits per heavy atom. The van der Waals surface area contributed by atoms with Crippen LogP contribution in [-0.2, 0) is 4.79 Å². The number of hydrogen-bond donors (Lipinski definition) is 1. The molecule has 0 saturated heterocycles. The predicted octanol–water partition coefficient (Wildman–Crippen LogP) is 5.82. The third kappa shape index (κ3) is 4.90. The first-order valence-electron chi connectivity index (χ1n) is 8.10. The van der Waals surface area contributed by atoms with E-state index in [4.69, 9.17) is 16.0 Å². The van der Waals surface area contributed by atoms with Crippen molar-refractivity contribution in [2.75, 3.05) is 5.32 Å². The number of halogens is 2. The molecule has 0 saturated carbocycles. The van der Waals surface area contributed by atoms with Crippen LogP contribution in [0, 0.1) is 21.4 Å². The minimum Gasteiger partial charge on any atom is -0.457 e. The van der Waals surface area contributed by atoms with Crippen molar-refractivity contribution >= 4 is 50.9 Å². The summed E-state index contributed by atoms with van der Waals surface area (Å²) in [6, 6.07) is 16.1. The molecule has 9 heteroatoms. The van der Waals surface area contributed by atoms with Crippen molar-refractivity contribution < 1.29 is 14.1 Å². The summed E-state index contributed by atoms with van der Waals surface area (Å²) < 4.78 is 5.99. The van der Waals surface area contributed by atoms with Crippen molar-refractivity contribution in [3.8, 4) is 17.4 Å². The van der Waals surface area contributed by atoms with Crippen molar-refractivity contribution in [2.45, 2.75) is 0 Å². The smallest absolute Gasteiger partial charge is 0.270 e. The number of non-ortho nitro benzene ring substituents is 1. The molecule has 0 aliphatic rings. The summed E-state index contributed by atoms with van der Waals surface area (Å²) in [6.45, 7) is 0. The van der Waals surface area contributed by atoms with Gasteiger partial charge in [0.2, 0.25) is 0 Å². The molecule has 144 valence electrons. The molecule has 7 nitrogen and oxygen atoms in total. The van der Waals surface area contributed by atoms with Gasteiger partial charge in [-0.15, -0.1) is 0 Å². The van der Waals surface area contributed by atoms with Gasteiger partial charge in [0.1, 0.15) is 23.2 Å². The van der Waals surface area contributed by atoms with Crippen molar-refractivity contribution in [1.29, 1.82) is 5.26 Å². The summed E-state index contributed by atoms with van der Waals surface area (Å²) in [6.07, 6.45) is 1.31. The van der Waals surface area contributed by atoms with Crippen LogP contribution in [0.5, 0.6) is 0 Å². The number of carbonyl (C=O) groups excluding carboxylic acids is 1. The van der Waals surface area contributed by atoms with E-state index in [1.54, 1.807) is 36.4 Å². The molecule has 0 spiro atoms. The predicted molar refractivity (Wildman–Crippen MR) is 112 cm³/mol. The Labute approximate surface area is 178 Å². The Hall–Kier alpha value is -3.41. The van der Waals surface area contributed by atoms with E-state index in [9.17, 15) is 20.2 Å². The van der Waals surface area contributed by atoms with Gasteiger partial charge in [0.25, 0.3) is 11.6 Å². The Balaban J connectivity index is 1.80. The fraction of sp³-hybridized carbons (Fsp3) is 0. The highest BCUT2D eigenvalue weighted by Crippen LogP contribution is 2.28. The molecule has 1 N–H and O–H groups in total. The zero-order chi connectivity index (χ0) is 21.0. The number of nitro groups is 1. The second-order valence-corrected chi connectivity index (χ2v) is 7.04. The van der Waals surface area contributed by atoms with Gasteiger partial charge >= 0.3 is 0 Å². The van der Waals surface area contributed by atoms with Gasteiger partial charge in [-0.25, -0.2) is 0 Å². The van der Waals surface area contributed by atoms with Crippen LogP contribution in [0.2, 0.25) is 5.02 Å². The molecule has 1 amide bonds. The number of nitrogens with one attached hydrogen (secondary N) is 1. The average Bonchev–Trinajstić information content (AvgIpc) is 3.16. The standard InChI is InChI=1S/C20H11BrClN3O4/c21-17-10-15(25(27)28)5-7-18(17)24-20(26)13(11-23)9-16-6-8-19(29-16)12-1-3-14(22)4-2-12/h1-10H,(H,24,26)/b13-9+. The normalized spacial score (nSPS) is 11.0. The maximum atomic E-state index is 12.4. The molecule has 1 aromatic heterocycles.